The lowest BCUT2D eigenvalue weighted by Crippen LogP contribution is -3.00. The minimum Gasteiger partial charge on any atom is -1.00 e. The number of aryl methyl sites for hydroxylation is 1. The minimum atomic E-state index is -4.56. The normalized spacial score (nSPS) is 14.2. The molecule has 0 aliphatic carbocycles. The van der Waals surface area contributed by atoms with Crippen LogP contribution in [0.2, 0.25) is 0 Å². The minimum absolute atomic E-state index is 0. The van der Waals surface area contributed by atoms with E-state index in [0.29, 0.717) is 11.5 Å². The van der Waals surface area contributed by atoms with E-state index in [4.69, 9.17) is 0 Å². The van der Waals surface area contributed by atoms with E-state index >= 15 is 0 Å². The summed E-state index contributed by atoms with van der Waals surface area (Å²) in [5, 5.41) is 10.9. The number of hydrogen-bond donors (Lipinski definition) is 0. The van der Waals surface area contributed by atoms with Crippen LogP contribution in [0.4, 0.5) is 13.2 Å². The molecule has 2 aromatic rings. The molecule has 0 fully saturated rings. The van der Waals surface area contributed by atoms with E-state index in [0.717, 1.165) is 15.8 Å². The van der Waals surface area contributed by atoms with Crippen LogP contribution in [-0.4, -0.2) is 26.3 Å². The van der Waals surface area contributed by atoms with Gasteiger partial charge in [0.25, 0.3) is 5.82 Å². The number of hydrogen-bond acceptors (Lipinski definition) is 4. The molecule has 0 unspecified atom stereocenters. The van der Waals surface area contributed by atoms with E-state index in [-0.39, 0.29) is 17.6 Å². The second-order valence-corrected chi connectivity index (χ2v) is 5.26. The Morgan fingerprint density at radius 3 is 2.43 bits per heavy atom. The van der Waals surface area contributed by atoms with Gasteiger partial charge in [0.15, 0.2) is 0 Å². The number of thioether (sulfide) groups is 1. The summed E-state index contributed by atoms with van der Waals surface area (Å²) in [6, 6.07) is 7.48. The van der Waals surface area contributed by atoms with E-state index in [1.807, 2.05) is 31.2 Å². The lowest BCUT2D eigenvalue weighted by molar-refractivity contribution is -0.147. The van der Waals surface area contributed by atoms with Crippen LogP contribution in [-0.2, 0) is 6.18 Å². The molecular formula is C12H9ClF3N4S-. The quantitative estimate of drug-likeness (QED) is 0.736. The van der Waals surface area contributed by atoms with Gasteiger partial charge in [-0.3, -0.25) is 0 Å². The molecule has 1 aliphatic heterocycles. The molecule has 0 atom stereocenters. The molecule has 0 saturated heterocycles. The first kappa shape index (κ1) is 15.8. The summed E-state index contributed by atoms with van der Waals surface area (Å²) in [7, 11) is 0. The maximum atomic E-state index is 12.8. The summed E-state index contributed by atoms with van der Waals surface area (Å²) in [4.78, 5) is 0. The molecule has 9 heteroatoms. The van der Waals surface area contributed by atoms with Crippen LogP contribution in [0, 0.1) is 6.92 Å². The van der Waals surface area contributed by atoms with Crippen molar-refractivity contribution in [3.63, 3.8) is 0 Å². The average molecular weight is 334 g/mol. The highest BCUT2D eigenvalue weighted by atomic mass is 35.5. The van der Waals surface area contributed by atoms with Crippen molar-refractivity contribution in [1.82, 2.24) is 14.9 Å². The molecule has 3 rings (SSSR count). The maximum absolute atomic E-state index is 12.8. The SMILES string of the molecule is Cc1ccc(C2=Nn3c(nnc3C(F)(F)F)SC2)cc1.[Cl-]. The summed E-state index contributed by atoms with van der Waals surface area (Å²) in [6.45, 7) is 1.95. The summed E-state index contributed by atoms with van der Waals surface area (Å²) in [5.74, 6) is -0.622. The van der Waals surface area contributed by atoms with Crippen molar-refractivity contribution in [1.29, 1.82) is 0 Å². The number of nitrogens with zero attached hydrogens (tertiary/aromatic N) is 4. The first-order valence-electron chi connectivity index (χ1n) is 5.75. The van der Waals surface area contributed by atoms with Gasteiger partial charge in [-0.2, -0.15) is 22.9 Å². The van der Waals surface area contributed by atoms with Crippen LogP contribution in [0.25, 0.3) is 0 Å². The van der Waals surface area contributed by atoms with E-state index in [1.54, 1.807) is 0 Å². The van der Waals surface area contributed by atoms with Crippen molar-refractivity contribution in [2.24, 2.45) is 5.10 Å². The molecule has 0 N–H and O–H groups in total. The van der Waals surface area contributed by atoms with E-state index in [1.165, 1.54) is 11.8 Å². The van der Waals surface area contributed by atoms with Crippen LogP contribution < -0.4 is 12.4 Å². The predicted octanol–water partition coefficient (Wildman–Crippen LogP) is -0.0326. The topological polar surface area (TPSA) is 43.1 Å². The van der Waals surface area contributed by atoms with Gasteiger partial charge in [-0.1, -0.05) is 41.6 Å². The Morgan fingerprint density at radius 2 is 1.81 bits per heavy atom. The van der Waals surface area contributed by atoms with E-state index in [9.17, 15) is 13.2 Å². The van der Waals surface area contributed by atoms with Crippen LogP contribution in [0.1, 0.15) is 17.0 Å². The van der Waals surface area contributed by atoms with Crippen LogP contribution >= 0.6 is 11.8 Å². The molecule has 0 saturated carbocycles. The zero-order valence-corrected chi connectivity index (χ0v) is 12.3. The molecule has 2 heterocycles. The van der Waals surface area contributed by atoms with Crippen molar-refractivity contribution in [3.8, 4) is 0 Å². The Hall–Kier alpha value is -1.54. The smallest absolute Gasteiger partial charge is 0.453 e. The van der Waals surface area contributed by atoms with Gasteiger partial charge < -0.3 is 12.4 Å². The zero-order chi connectivity index (χ0) is 14.3. The van der Waals surface area contributed by atoms with Gasteiger partial charge in [0, 0.05) is 5.75 Å². The molecule has 0 radical (unpaired) electrons. The number of benzene rings is 1. The van der Waals surface area contributed by atoms with E-state index < -0.39 is 12.0 Å². The fourth-order valence-electron chi connectivity index (χ4n) is 1.79. The largest absolute Gasteiger partial charge is 1.00 e. The number of fused-ring (bicyclic) bond motifs is 1. The maximum Gasteiger partial charge on any atom is 0.453 e. The second kappa shape index (κ2) is 5.69. The third-order valence-corrected chi connectivity index (χ3v) is 3.74. The van der Waals surface area contributed by atoms with Crippen molar-refractivity contribution in [3.05, 3.63) is 41.2 Å². The molecule has 0 bridgehead atoms. The number of halogens is 4. The summed E-state index contributed by atoms with van der Waals surface area (Å²) < 4.78 is 39.1. The van der Waals surface area contributed by atoms with Crippen molar-refractivity contribution >= 4 is 17.5 Å². The fourth-order valence-corrected chi connectivity index (χ4v) is 2.63. The van der Waals surface area contributed by atoms with Crippen molar-refractivity contribution in [2.45, 2.75) is 18.3 Å². The second-order valence-electron chi connectivity index (χ2n) is 4.32. The number of aromatic nitrogens is 3. The van der Waals surface area contributed by atoms with Gasteiger partial charge >= 0.3 is 6.18 Å². The van der Waals surface area contributed by atoms with Crippen LogP contribution in [0.15, 0.2) is 34.5 Å². The van der Waals surface area contributed by atoms with Crippen LogP contribution in [0.5, 0.6) is 0 Å². The van der Waals surface area contributed by atoms with Gasteiger partial charge in [-0.15, -0.1) is 10.2 Å². The highest BCUT2D eigenvalue weighted by Crippen LogP contribution is 2.32. The highest BCUT2D eigenvalue weighted by molar-refractivity contribution is 7.99. The number of rotatable bonds is 1. The molecule has 0 amide bonds. The van der Waals surface area contributed by atoms with Gasteiger partial charge in [0.1, 0.15) is 0 Å². The Labute approximate surface area is 128 Å². The Morgan fingerprint density at radius 1 is 1.14 bits per heavy atom. The molecule has 4 nitrogen and oxygen atoms in total. The first-order valence-corrected chi connectivity index (χ1v) is 6.74. The third kappa shape index (κ3) is 3.06. The Kier molecular flexibility index (Phi) is 4.29. The Bertz CT molecular complexity index is 679. The van der Waals surface area contributed by atoms with Crippen molar-refractivity contribution in [2.75, 3.05) is 5.75 Å². The average Bonchev–Trinajstić information content (AvgIpc) is 2.82. The lowest BCUT2D eigenvalue weighted by atomic mass is 10.1. The molecule has 1 aliphatic rings. The molecule has 112 valence electrons. The van der Waals surface area contributed by atoms with Gasteiger partial charge in [0.2, 0.25) is 5.16 Å². The first-order chi connectivity index (χ1) is 9.45. The monoisotopic (exact) mass is 333 g/mol. The molecule has 1 aromatic carbocycles. The molecular weight excluding hydrogens is 325 g/mol. The zero-order valence-electron chi connectivity index (χ0n) is 10.7. The fraction of sp³-hybridized carbons (Fsp3) is 0.250. The van der Waals surface area contributed by atoms with Gasteiger partial charge in [-0.25, -0.2) is 0 Å². The summed E-state index contributed by atoms with van der Waals surface area (Å²) >= 11 is 1.19. The highest BCUT2D eigenvalue weighted by Gasteiger charge is 2.39. The standard InChI is InChI=1S/C12H9F3N4S.ClH/c1-7-2-4-8(5-3-7)9-6-20-11-17-16-10(12(13,14)15)19(11)18-9;/h2-5H,6H2,1H3;1H/p-1. The van der Waals surface area contributed by atoms with Crippen LogP contribution in [0.3, 0.4) is 0 Å². The molecule has 0 spiro atoms. The Balaban J connectivity index is 0.00000161. The van der Waals surface area contributed by atoms with E-state index in [2.05, 4.69) is 15.3 Å². The van der Waals surface area contributed by atoms with Crippen molar-refractivity contribution < 1.29 is 25.6 Å². The third-order valence-electron chi connectivity index (χ3n) is 2.81. The van der Waals surface area contributed by atoms with Gasteiger partial charge in [-0.05, 0) is 12.5 Å². The van der Waals surface area contributed by atoms with Gasteiger partial charge in [0.05, 0.1) is 5.71 Å². The number of alkyl halides is 3. The summed E-state index contributed by atoms with van der Waals surface area (Å²) in [5.41, 5.74) is 2.46. The summed E-state index contributed by atoms with van der Waals surface area (Å²) in [6.07, 6.45) is -4.56. The molecule has 21 heavy (non-hydrogen) atoms. The lowest BCUT2D eigenvalue weighted by Gasteiger charge is -2.14. The predicted molar refractivity (Wildman–Crippen MR) is 68.9 cm³/mol. The molecule has 1 aromatic heterocycles.